The first kappa shape index (κ1) is 13.3. The second-order valence-electron chi connectivity index (χ2n) is 3.36. The number of likely N-dealkylation sites (N-methyl/N-ethyl adjacent to an activating group) is 1. The zero-order chi connectivity index (χ0) is 12.8. The fourth-order valence-electron chi connectivity index (χ4n) is 1.53. The molecule has 1 rings (SSSR count). The molecule has 0 radical (unpaired) electrons. The number of rotatable bonds is 6. The lowest BCUT2D eigenvalue weighted by Crippen LogP contribution is -2.20. The molecule has 1 aromatic carbocycles. The van der Waals surface area contributed by atoms with Crippen LogP contribution in [-0.2, 0) is 0 Å². The van der Waals surface area contributed by atoms with Crippen molar-refractivity contribution in [2.24, 2.45) is 0 Å². The Kier molecular flexibility index (Phi) is 4.78. The quantitative estimate of drug-likeness (QED) is 0.754. The van der Waals surface area contributed by atoms with E-state index in [9.17, 15) is 4.79 Å². The highest BCUT2D eigenvalue weighted by Gasteiger charge is 2.19. The van der Waals surface area contributed by atoms with Crippen LogP contribution in [0.15, 0.2) is 12.1 Å². The number of carbonyl (C=O) groups excluding carboxylic acids is 1. The van der Waals surface area contributed by atoms with Gasteiger partial charge in [-0.05, 0) is 7.05 Å². The molecular weight excluding hydrogens is 222 g/mol. The average molecular weight is 239 g/mol. The summed E-state index contributed by atoms with van der Waals surface area (Å²) in [5.41, 5.74) is 0.421. The summed E-state index contributed by atoms with van der Waals surface area (Å²) < 4.78 is 15.5. The zero-order valence-electron chi connectivity index (χ0n) is 10.5. The van der Waals surface area contributed by atoms with Gasteiger partial charge in [-0.25, -0.2) is 0 Å². The van der Waals surface area contributed by atoms with Gasteiger partial charge in [-0.1, -0.05) is 0 Å². The number of nitrogens with one attached hydrogen (secondary N) is 1. The molecule has 0 aliphatic carbocycles. The van der Waals surface area contributed by atoms with Crippen LogP contribution in [0.25, 0.3) is 0 Å². The van der Waals surface area contributed by atoms with Crippen molar-refractivity contribution < 1.29 is 19.0 Å². The Hall–Kier alpha value is -1.75. The molecular formula is C12H17NO4. The summed E-state index contributed by atoms with van der Waals surface area (Å²) in [5, 5.41) is 2.81. The van der Waals surface area contributed by atoms with Gasteiger partial charge in [-0.3, -0.25) is 4.79 Å². The van der Waals surface area contributed by atoms with E-state index in [1.165, 1.54) is 14.2 Å². The van der Waals surface area contributed by atoms with E-state index in [1.54, 1.807) is 26.3 Å². The van der Waals surface area contributed by atoms with Crippen molar-refractivity contribution in [3.8, 4) is 17.2 Å². The number of ether oxygens (including phenoxy) is 3. The van der Waals surface area contributed by atoms with Crippen molar-refractivity contribution in [1.82, 2.24) is 5.32 Å². The highest BCUT2D eigenvalue weighted by Crippen LogP contribution is 2.34. The van der Waals surface area contributed by atoms with Gasteiger partial charge in [0.05, 0.1) is 27.9 Å². The Bertz CT molecular complexity index is 378. The van der Waals surface area contributed by atoms with Crippen LogP contribution in [0.5, 0.6) is 17.2 Å². The van der Waals surface area contributed by atoms with Crippen LogP contribution in [0, 0.1) is 0 Å². The Morgan fingerprint density at radius 3 is 2.00 bits per heavy atom. The van der Waals surface area contributed by atoms with Crippen LogP contribution < -0.4 is 19.5 Å². The summed E-state index contributed by atoms with van der Waals surface area (Å²) in [6, 6.07) is 3.32. The second kappa shape index (κ2) is 6.10. The van der Waals surface area contributed by atoms with Crippen molar-refractivity contribution in [1.29, 1.82) is 0 Å². The molecule has 94 valence electrons. The molecule has 0 bridgehead atoms. The molecule has 0 saturated heterocycles. The molecule has 0 atom stereocenters. The van der Waals surface area contributed by atoms with E-state index in [0.717, 1.165) is 0 Å². The van der Waals surface area contributed by atoms with E-state index < -0.39 is 0 Å². The maximum atomic E-state index is 11.9. The predicted octanol–water partition coefficient (Wildman–Crippen LogP) is 1.11. The third kappa shape index (κ3) is 2.88. The molecule has 0 amide bonds. The van der Waals surface area contributed by atoms with Crippen molar-refractivity contribution in [3.05, 3.63) is 17.7 Å². The Morgan fingerprint density at radius 2 is 1.65 bits per heavy atom. The minimum atomic E-state index is -0.0937. The monoisotopic (exact) mass is 239 g/mol. The molecule has 0 spiro atoms. The topological polar surface area (TPSA) is 56.8 Å². The van der Waals surface area contributed by atoms with Gasteiger partial charge in [0.1, 0.15) is 22.8 Å². The van der Waals surface area contributed by atoms with E-state index in [2.05, 4.69) is 5.32 Å². The molecule has 0 saturated carbocycles. The Balaban J connectivity index is 3.29. The smallest absolute Gasteiger partial charge is 0.184 e. The van der Waals surface area contributed by atoms with Gasteiger partial charge in [-0.2, -0.15) is 0 Å². The fraction of sp³-hybridized carbons (Fsp3) is 0.417. The third-order valence-electron chi connectivity index (χ3n) is 2.33. The Labute approximate surface area is 101 Å². The minimum Gasteiger partial charge on any atom is -0.496 e. The van der Waals surface area contributed by atoms with E-state index >= 15 is 0 Å². The first-order chi connectivity index (χ1) is 8.17. The van der Waals surface area contributed by atoms with E-state index in [1.807, 2.05) is 0 Å². The molecule has 0 aliphatic rings. The molecule has 0 fully saturated rings. The normalized spacial score (nSPS) is 9.88. The number of carbonyl (C=O) groups is 1. The lowest BCUT2D eigenvalue weighted by atomic mass is 10.1. The highest BCUT2D eigenvalue weighted by molar-refractivity contribution is 6.03. The highest BCUT2D eigenvalue weighted by atomic mass is 16.5. The van der Waals surface area contributed by atoms with Crippen molar-refractivity contribution in [2.75, 3.05) is 34.9 Å². The van der Waals surface area contributed by atoms with Gasteiger partial charge in [0.15, 0.2) is 5.78 Å². The lowest BCUT2D eigenvalue weighted by Gasteiger charge is -2.13. The Morgan fingerprint density at radius 1 is 1.12 bits per heavy atom. The molecule has 17 heavy (non-hydrogen) atoms. The fourth-order valence-corrected chi connectivity index (χ4v) is 1.53. The van der Waals surface area contributed by atoms with Gasteiger partial charge in [0.2, 0.25) is 0 Å². The summed E-state index contributed by atoms with van der Waals surface area (Å²) in [4.78, 5) is 11.9. The molecule has 0 unspecified atom stereocenters. The SMILES string of the molecule is CNCC(=O)c1c(OC)cc(OC)cc1OC. The van der Waals surface area contributed by atoms with E-state index in [-0.39, 0.29) is 12.3 Å². The number of hydrogen-bond donors (Lipinski definition) is 1. The predicted molar refractivity (Wildman–Crippen MR) is 64.4 cm³/mol. The van der Waals surface area contributed by atoms with Crippen LogP contribution in [0.1, 0.15) is 10.4 Å². The maximum absolute atomic E-state index is 11.9. The van der Waals surface area contributed by atoms with Gasteiger partial charge < -0.3 is 19.5 Å². The lowest BCUT2D eigenvalue weighted by molar-refractivity contribution is 0.0987. The second-order valence-corrected chi connectivity index (χ2v) is 3.36. The van der Waals surface area contributed by atoms with Crippen molar-refractivity contribution >= 4 is 5.78 Å². The number of Topliss-reactive ketones (excluding diaryl/α,β-unsaturated/α-hetero) is 1. The standard InChI is InChI=1S/C12H17NO4/c1-13-7-9(14)12-10(16-3)5-8(15-2)6-11(12)17-4/h5-6,13H,7H2,1-4H3. The van der Waals surface area contributed by atoms with Crippen molar-refractivity contribution in [3.63, 3.8) is 0 Å². The van der Waals surface area contributed by atoms with Gasteiger partial charge in [0.25, 0.3) is 0 Å². The summed E-state index contributed by atoms with van der Waals surface area (Å²) >= 11 is 0. The van der Waals surface area contributed by atoms with Crippen LogP contribution in [0.3, 0.4) is 0 Å². The number of benzene rings is 1. The average Bonchev–Trinajstić information content (AvgIpc) is 2.37. The summed E-state index contributed by atoms with van der Waals surface area (Å²) in [6.07, 6.45) is 0. The largest absolute Gasteiger partial charge is 0.496 e. The number of ketones is 1. The number of methoxy groups -OCH3 is 3. The van der Waals surface area contributed by atoms with Crippen LogP contribution in [0.2, 0.25) is 0 Å². The number of hydrogen-bond acceptors (Lipinski definition) is 5. The maximum Gasteiger partial charge on any atom is 0.184 e. The summed E-state index contributed by atoms with van der Waals surface area (Å²) in [6.45, 7) is 0.221. The molecule has 1 N–H and O–H groups in total. The minimum absolute atomic E-state index is 0.0937. The van der Waals surface area contributed by atoms with E-state index in [0.29, 0.717) is 22.8 Å². The molecule has 5 nitrogen and oxygen atoms in total. The first-order valence-corrected chi connectivity index (χ1v) is 5.15. The molecule has 5 heteroatoms. The van der Waals surface area contributed by atoms with Crippen molar-refractivity contribution in [2.45, 2.75) is 0 Å². The van der Waals surface area contributed by atoms with Crippen LogP contribution in [0.4, 0.5) is 0 Å². The first-order valence-electron chi connectivity index (χ1n) is 5.15. The third-order valence-corrected chi connectivity index (χ3v) is 2.33. The molecule has 0 aromatic heterocycles. The zero-order valence-corrected chi connectivity index (χ0v) is 10.5. The summed E-state index contributed by atoms with van der Waals surface area (Å²) in [7, 11) is 6.26. The van der Waals surface area contributed by atoms with E-state index in [4.69, 9.17) is 14.2 Å². The van der Waals surface area contributed by atoms with Gasteiger partial charge in [-0.15, -0.1) is 0 Å². The van der Waals surface area contributed by atoms with Gasteiger partial charge in [0, 0.05) is 12.1 Å². The van der Waals surface area contributed by atoms with Crippen LogP contribution in [-0.4, -0.2) is 40.7 Å². The molecule has 1 aromatic rings. The molecule has 0 heterocycles. The van der Waals surface area contributed by atoms with Gasteiger partial charge >= 0.3 is 0 Å². The molecule has 0 aliphatic heterocycles. The van der Waals surface area contributed by atoms with Crippen LogP contribution >= 0.6 is 0 Å². The summed E-state index contributed by atoms with van der Waals surface area (Å²) in [5.74, 6) is 1.38.